The van der Waals surface area contributed by atoms with Gasteiger partial charge >= 0.3 is 39.5 Å². The van der Waals surface area contributed by atoms with Gasteiger partial charge in [-0.2, -0.15) is 0 Å². The Labute approximate surface area is 638 Å². The van der Waals surface area contributed by atoms with E-state index in [1.54, 1.807) is 0 Å². The lowest BCUT2D eigenvalue weighted by Gasteiger charge is -2.21. The van der Waals surface area contributed by atoms with Crippen LogP contribution in [0.2, 0.25) is 0 Å². The Kier molecular flexibility index (Phi) is 75.0. The third kappa shape index (κ3) is 78.2. The van der Waals surface area contributed by atoms with Crippen molar-refractivity contribution in [1.29, 1.82) is 0 Å². The second kappa shape index (κ2) is 76.4. The summed E-state index contributed by atoms with van der Waals surface area (Å²) in [6, 6.07) is 0. The first kappa shape index (κ1) is 102. The van der Waals surface area contributed by atoms with Gasteiger partial charge in [-0.1, -0.05) is 401 Å². The lowest BCUT2D eigenvalue weighted by Crippen LogP contribution is -2.30. The Bertz CT molecular complexity index is 1990. The summed E-state index contributed by atoms with van der Waals surface area (Å²) in [5.41, 5.74) is 0. The van der Waals surface area contributed by atoms with Gasteiger partial charge < -0.3 is 33.8 Å². The molecular weight excluding hydrogens is 1350 g/mol. The minimum Gasteiger partial charge on any atom is -0.462 e. The Balaban J connectivity index is 5.25. The average Bonchev–Trinajstić information content (AvgIpc) is 0.917. The van der Waals surface area contributed by atoms with Crippen LogP contribution >= 0.6 is 15.6 Å². The van der Waals surface area contributed by atoms with Crippen molar-refractivity contribution < 1.29 is 80.2 Å². The van der Waals surface area contributed by atoms with Crippen LogP contribution in [0.15, 0.2) is 0 Å². The molecule has 618 valence electrons. The topological polar surface area (TPSA) is 237 Å². The summed E-state index contributed by atoms with van der Waals surface area (Å²) in [7, 11) is -9.93. The van der Waals surface area contributed by atoms with E-state index >= 15 is 0 Å². The second-order valence-electron chi connectivity index (χ2n) is 31.5. The van der Waals surface area contributed by atoms with Gasteiger partial charge in [0.25, 0.3) is 0 Å². The minimum absolute atomic E-state index is 0.107. The molecule has 0 amide bonds. The van der Waals surface area contributed by atoms with E-state index in [9.17, 15) is 43.2 Å². The van der Waals surface area contributed by atoms with Gasteiger partial charge in [0.15, 0.2) is 12.2 Å². The summed E-state index contributed by atoms with van der Waals surface area (Å²) in [5, 5.41) is 10.7. The molecule has 0 spiro atoms. The number of carbonyl (C=O) groups is 4. The zero-order valence-corrected chi connectivity index (χ0v) is 70.1. The first-order valence-corrected chi connectivity index (χ1v) is 47.0. The molecule has 0 heterocycles. The molecule has 0 bridgehead atoms. The van der Waals surface area contributed by atoms with Crippen molar-refractivity contribution >= 4 is 39.5 Å². The van der Waals surface area contributed by atoms with E-state index in [-0.39, 0.29) is 25.7 Å². The Morgan fingerprint density at radius 1 is 0.260 bits per heavy atom. The molecule has 0 saturated heterocycles. The standard InChI is InChI=1S/C85H166O17P2/c1-7-9-11-13-15-17-19-21-23-25-27-29-34-38-42-49-55-61-67-82(87)95-73-80(101-84(89)69-63-57-51-43-39-35-30-28-26-24-22-20-18-16-14-12-10-8-2)75-99-103(91,92)97-71-79(86)72-98-104(93,94)100-76-81(74-96-83(88)68-62-56-50-46-45-48-54-60-66-78(5)6)102-85(90)70-64-58-52-44-40-36-32-31-33-37-41-47-53-59-65-77(3)4/h77-81,86H,7-76H2,1-6H3,(H,91,92)(H,93,94)/t79-,80-,81-/m1/s1. The highest BCUT2D eigenvalue weighted by atomic mass is 31.2. The number of rotatable bonds is 84. The van der Waals surface area contributed by atoms with E-state index in [0.717, 1.165) is 102 Å². The first-order valence-electron chi connectivity index (χ1n) is 44.0. The van der Waals surface area contributed by atoms with Crippen molar-refractivity contribution in [2.45, 2.75) is 471 Å². The molecular formula is C85H166O17P2. The number of phosphoric ester groups is 2. The summed E-state index contributed by atoms with van der Waals surface area (Å²) < 4.78 is 68.9. The van der Waals surface area contributed by atoms with Crippen molar-refractivity contribution in [3.8, 4) is 0 Å². The predicted molar refractivity (Wildman–Crippen MR) is 428 cm³/mol. The van der Waals surface area contributed by atoms with Gasteiger partial charge in [0, 0.05) is 25.7 Å². The van der Waals surface area contributed by atoms with Crippen LogP contribution in [-0.4, -0.2) is 96.7 Å². The number of phosphoric acid groups is 2. The maximum absolute atomic E-state index is 13.1. The molecule has 0 aliphatic carbocycles. The van der Waals surface area contributed by atoms with Gasteiger partial charge in [0.1, 0.15) is 19.3 Å². The molecule has 5 atom stereocenters. The molecule has 19 heteroatoms. The summed E-state index contributed by atoms with van der Waals surface area (Å²) >= 11 is 0. The number of aliphatic hydroxyl groups excluding tert-OH is 1. The van der Waals surface area contributed by atoms with Crippen molar-refractivity contribution in [2.75, 3.05) is 39.6 Å². The number of esters is 4. The van der Waals surface area contributed by atoms with Crippen LogP contribution in [0.3, 0.4) is 0 Å². The average molecular weight is 1520 g/mol. The van der Waals surface area contributed by atoms with Gasteiger partial charge in [-0.15, -0.1) is 0 Å². The molecule has 0 fully saturated rings. The number of hydrogen-bond donors (Lipinski definition) is 3. The zero-order chi connectivity index (χ0) is 76.4. The Hall–Kier alpha value is -1.94. The molecule has 2 unspecified atom stereocenters. The molecule has 17 nitrogen and oxygen atoms in total. The number of carbonyl (C=O) groups excluding carboxylic acids is 4. The lowest BCUT2D eigenvalue weighted by molar-refractivity contribution is -0.161. The van der Waals surface area contributed by atoms with Crippen LogP contribution in [0, 0.1) is 11.8 Å². The lowest BCUT2D eigenvalue weighted by atomic mass is 10.0. The quantitative estimate of drug-likeness (QED) is 0.0222. The van der Waals surface area contributed by atoms with E-state index in [0.29, 0.717) is 25.7 Å². The molecule has 0 rings (SSSR count). The van der Waals surface area contributed by atoms with E-state index in [4.69, 9.17) is 37.0 Å². The highest BCUT2D eigenvalue weighted by Gasteiger charge is 2.30. The highest BCUT2D eigenvalue weighted by Crippen LogP contribution is 2.45. The van der Waals surface area contributed by atoms with Crippen LogP contribution in [0.25, 0.3) is 0 Å². The van der Waals surface area contributed by atoms with E-state index < -0.39 is 97.5 Å². The van der Waals surface area contributed by atoms with Crippen LogP contribution in [0.4, 0.5) is 0 Å². The smallest absolute Gasteiger partial charge is 0.462 e. The van der Waals surface area contributed by atoms with Gasteiger partial charge in [-0.05, 0) is 37.5 Å². The minimum atomic E-state index is -4.96. The highest BCUT2D eigenvalue weighted by molar-refractivity contribution is 7.47. The van der Waals surface area contributed by atoms with Crippen molar-refractivity contribution in [3.63, 3.8) is 0 Å². The largest absolute Gasteiger partial charge is 0.472 e. The molecule has 0 radical (unpaired) electrons. The number of aliphatic hydroxyl groups is 1. The van der Waals surface area contributed by atoms with Crippen LogP contribution < -0.4 is 0 Å². The predicted octanol–water partition coefficient (Wildman–Crippen LogP) is 25.8. The number of ether oxygens (including phenoxy) is 4. The Morgan fingerprint density at radius 2 is 0.442 bits per heavy atom. The third-order valence-electron chi connectivity index (χ3n) is 20.0. The summed E-state index contributed by atoms with van der Waals surface area (Å²) in [4.78, 5) is 73.2. The third-order valence-corrected chi connectivity index (χ3v) is 21.9. The van der Waals surface area contributed by atoms with Crippen molar-refractivity contribution in [1.82, 2.24) is 0 Å². The first-order chi connectivity index (χ1) is 50.4. The van der Waals surface area contributed by atoms with Crippen molar-refractivity contribution in [3.05, 3.63) is 0 Å². The molecule has 3 N–H and O–H groups in total. The normalized spacial score (nSPS) is 13.8. The van der Waals surface area contributed by atoms with E-state index in [2.05, 4.69) is 41.5 Å². The van der Waals surface area contributed by atoms with Gasteiger partial charge in [0.05, 0.1) is 26.4 Å². The fourth-order valence-electron chi connectivity index (χ4n) is 13.2. The van der Waals surface area contributed by atoms with E-state index in [1.807, 2.05) is 0 Å². The van der Waals surface area contributed by atoms with Gasteiger partial charge in [-0.3, -0.25) is 37.3 Å². The van der Waals surface area contributed by atoms with Gasteiger partial charge in [0.2, 0.25) is 0 Å². The molecule has 104 heavy (non-hydrogen) atoms. The van der Waals surface area contributed by atoms with Crippen molar-refractivity contribution in [2.24, 2.45) is 11.8 Å². The fourth-order valence-corrected chi connectivity index (χ4v) is 14.8. The van der Waals surface area contributed by atoms with Gasteiger partial charge in [-0.25, -0.2) is 9.13 Å². The number of hydrogen-bond acceptors (Lipinski definition) is 15. The molecule has 0 saturated carbocycles. The summed E-state index contributed by atoms with van der Waals surface area (Å²) in [6.07, 6.45) is 68.0. The van der Waals surface area contributed by atoms with E-state index in [1.165, 1.54) is 270 Å². The van der Waals surface area contributed by atoms with Crippen LogP contribution in [0.1, 0.15) is 452 Å². The fraction of sp³-hybridized carbons (Fsp3) is 0.953. The molecule has 0 aromatic heterocycles. The number of unbranched alkanes of at least 4 members (excludes halogenated alkanes) is 54. The van der Waals surface area contributed by atoms with Crippen LogP contribution in [0.5, 0.6) is 0 Å². The summed E-state index contributed by atoms with van der Waals surface area (Å²) in [5.74, 6) is -0.582. The monoisotopic (exact) mass is 1520 g/mol. The second-order valence-corrected chi connectivity index (χ2v) is 34.4. The molecule has 0 aromatic rings. The molecule has 0 aliphatic rings. The zero-order valence-electron chi connectivity index (χ0n) is 68.3. The molecule has 0 aromatic carbocycles. The maximum Gasteiger partial charge on any atom is 0.472 e. The maximum atomic E-state index is 13.1. The summed E-state index contributed by atoms with van der Waals surface area (Å²) in [6.45, 7) is 9.66. The van der Waals surface area contributed by atoms with Crippen LogP contribution in [-0.2, 0) is 65.4 Å². The Morgan fingerprint density at radius 3 is 0.654 bits per heavy atom. The molecule has 0 aliphatic heterocycles. The SMILES string of the molecule is CCCCCCCCCCCCCCCCCCCCC(=O)OC[C@H](COP(=O)(O)OC[C@@H](O)COP(=O)(O)OC[C@@H](COC(=O)CCCCCCCCCCC(C)C)OC(=O)CCCCCCCCCCCCCCCCC(C)C)OC(=O)CCCCCCCCCCCCCCCCCCCC.